The van der Waals surface area contributed by atoms with Gasteiger partial charge in [0.05, 0.1) is 0 Å². The summed E-state index contributed by atoms with van der Waals surface area (Å²) in [7, 11) is 2.34. The Bertz CT molecular complexity index is 407. The number of hydrogen-bond acceptors (Lipinski definition) is 2. The summed E-state index contributed by atoms with van der Waals surface area (Å²) in [4.78, 5) is 2.66. The first-order valence-electron chi connectivity index (χ1n) is 7.84. The molecular weight excluding hydrogens is 232 g/mol. The molecule has 1 aliphatic heterocycles. The molecule has 0 amide bonds. The van der Waals surface area contributed by atoms with E-state index in [0.29, 0.717) is 0 Å². The van der Waals surface area contributed by atoms with E-state index < -0.39 is 0 Å². The minimum atomic E-state index is 0.734. The monoisotopic (exact) mass is 258 g/mol. The highest BCUT2D eigenvalue weighted by Crippen LogP contribution is 2.26. The molecule has 3 rings (SSSR count). The summed E-state index contributed by atoms with van der Waals surface area (Å²) < 4.78 is 0. The zero-order chi connectivity index (χ0) is 13.1. The molecule has 1 heterocycles. The number of likely N-dealkylation sites (N-methyl/N-ethyl adjacent to an activating group) is 1. The zero-order valence-electron chi connectivity index (χ0n) is 12.1. The van der Waals surface area contributed by atoms with Crippen molar-refractivity contribution >= 4 is 0 Å². The highest BCUT2D eigenvalue weighted by Gasteiger charge is 2.26. The molecule has 0 spiro atoms. The van der Waals surface area contributed by atoms with Gasteiger partial charge in [0, 0.05) is 18.6 Å². The molecular formula is C17H26N2. The number of fused-ring (bicyclic) bond motifs is 1. The van der Waals surface area contributed by atoms with E-state index in [4.69, 9.17) is 0 Å². The average molecular weight is 258 g/mol. The molecule has 2 heteroatoms. The molecule has 2 atom stereocenters. The Kier molecular flexibility index (Phi) is 4.19. The van der Waals surface area contributed by atoms with Gasteiger partial charge in [-0.25, -0.2) is 0 Å². The Morgan fingerprint density at radius 1 is 1.05 bits per heavy atom. The van der Waals surface area contributed by atoms with Crippen LogP contribution in [0, 0.1) is 0 Å². The second kappa shape index (κ2) is 6.06. The van der Waals surface area contributed by atoms with Crippen molar-refractivity contribution in [2.24, 2.45) is 0 Å². The number of benzene rings is 1. The summed E-state index contributed by atoms with van der Waals surface area (Å²) in [5, 5.41) is 3.59. The van der Waals surface area contributed by atoms with Gasteiger partial charge in [0.1, 0.15) is 0 Å². The molecule has 0 saturated carbocycles. The number of rotatable bonds is 2. The highest BCUT2D eigenvalue weighted by molar-refractivity contribution is 5.30. The number of aryl methyl sites for hydroxylation is 1. The molecule has 104 valence electrons. The van der Waals surface area contributed by atoms with Gasteiger partial charge in [-0.1, -0.05) is 30.7 Å². The largest absolute Gasteiger partial charge is 0.315 e. The van der Waals surface area contributed by atoms with E-state index in [-0.39, 0.29) is 0 Å². The van der Waals surface area contributed by atoms with Crippen molar-refractivity contribution in [3.63, 3.8) is 0 Å². The van der Waals surface area contributed by atoms with Gasteiger partial charge >= 0.3 is 0 Å². The summed E-state index contributed by atoms with van der Waals surface area (Å²) in [5.41, 5.74) is 3.15. The molecule has 2 aliphatic rings. The molecule has 0 radical (unpaired) electrons. The fourth-order valence-corrected chi connectivity index (χ4v) is 3.67. The summed E-state index contributed by atoms with van der Waals surface area (Å²) in [5.74, 6) is 0. The van der Waals surface area contributed by atoms with Crippen LogP contribution in [-0.2, 0) is 12.8 Å². The zero-order valence-corrected chi connectivity index (χ0v) is 12.1. The Labute approximate surface area is 117 Å². The highest BCUT2D eigenvalue weighted by atomic mass is 15.2. The van der Waals surface area contributed by atoms with Crippen molar-refractivity contribution in [2.75, 3.05) is 20.1 Å². The quantitative estimate of drug-likeness (QED) is 0.877. The summed E-state index contributed by atoms with van der Waals surface area (Å²) >= 11 is 0. The molecule has 1 aliphatic carbocycles. The van der Waals surface area contributed by atoms with E-state index in [1.165, 1.54) is 51.6 Å². The predicted molar refractivity (Wildman–Crippen MR) is 80.5 cm³/mol. The van der Waals surface area contributed by atoms with Gasteiger partial charge in [0.25, 0.3) is 0 Å². The first-order chi connectivity index (χ1) is 9.34. The van der Waals surface area contributed by atoms with E-state index in [1.54, 1.807) is 11.1 Å². The van der Waals surface area contributed by atoms with Crippen LogP contribution in [0.15, 0.2) is 24.3 Å². The molecule has 1 unspecified atom stereocenters. The lowest BCUT2D eigenvalue weighted by atomic mass is 9.87. The molecule has 19 heavy (non-hydrogen) atoms. The fraction of sp³-hybridized carbons (Fsp3) is 0.647. The van der Waals surface area contributed by atoms with Gasteiger partial charge in [-0.3, -0.25) is 4.90 Å². The molecule has 1 aromatic rings. The average Bonchev–Trinajstić information content (AvgIpc) is 2.75. The van der Waals surface area contributed by atoms with Crippen LogP contribution in [0.4, 0.5) is 0 Å². The van der Waals surface area contributed by atoms with Crippen LogP contribution in [0.2, 0.25) is 0 Å². The Morgan fingerprint density at radius 3 is 2.79 bits per heavy atom. The number of nitrogens with one attached hydrogen (secondary N) is 1. The van der Waals surface area contributed by atoms with Gasteiger partial charge in [-0.15, -0.1) is 0 Å². The Morgan fingerprint density at radius 2 is 1.89 bits per heavy atom. The number of hydrogen-bond donors (Lipinski definition) is 1. The molecule has 2 nitrogen and oxygen atoms in total. The van der Waals surface area contributed by atoms with Crippen LogP contribution < -0.4 is 5.32 Å². The van der Waals surface area contributed by atoms with E-state index in [2.05, 4.69) is 41.5 Å². The fourth-order valence-electron chi connectivity index (χ4n) is 3.67. The maximum absolute atomic E-state index is 3.59. The molecule has 1 aromatic carbocycles. The Balaban J connectivity index is 1.66. The third-order valence-corrected chi connectivity index (χ3v) is 4.99. The van der Waals surface area contributed by atoms with Gasteiger partial charge < -0.3 is 5.32 Å². The van der Waals surface area contributed by atoms with Crippen LogP contribution in [0.1, 0.15) is 36.8 Å². The van der Waals surface area contributed by atoms with Crippen molar-refractivity contribution in [3.05, 3.63) is 35.4 Å². The topological polar surface area (TPSA) is 15.3 Å². The summed E-state index contributed by atoms with van der Waals surface area (Å²) in [6.45, 7) is 2.38. The minimum Gasteiger partial charge on any atom is -0.315 e. The standard InChI is InChI=1S/C17H26N2/c1-19(17-8-4-5-11-18-13-17)16-10-9-14-6-2-3-7-15(14)12-16/h2-3,6-7,16-18H,4-5,8-13H2,1H3/t16?,17-/m0/s1. The SMILES string of the molecule is CN(C1CCc2ccccc2C1)[C@H]1CCCCNC1. The van der Waals surface area contributed by atoms with Gasteiger partial charge in [0.2, 0.25) is 0 Å². The van der Waals surface area contributed by atoms with Gasteiger partial charge in [-0.05, 0) is 56.8 Å². The molecule has 1 saturated heterocycles. The van der Waals surface area contributed by atoms with Gasteiger partial charge in [0.15, 0.2) is 0 Å². The first-order valence-corrected chi connectivity index (χ1v) is 7.84. The predicted octanol–water partition coefficient (Wildman–Crippen LogP) is 2.62. The van der Waals surface area contributed by atoms with Crippen molar-refractivity contribution in [3.8, 4) is 0 Å². The van der Waals surface area contributed by atoms with Crippen LogP contribution in [0.25, 0.3) is 0 Å². The van der Waals surface area contributed by atoms with E-state index >= 15 is 0 Å². The minimum absolute atomic E-state index is 0.734. The second-order valence-corrected chi connectivity index (χ2v) is 6.18. The second-order valence-electron chi connectivity index (χ2n) is 6.18. The molecule has 1 N–H and O–H groups in total. The lowest BCUT2D eigenvalue weighted by Crippen LogP contribution is -2.46. The maximum Gasteiger partial charge on any atom is 0.0220 e. The number of nitrogens with zero attached hydrogens (tertiary/aromatic N) is 1. The molecule has 0 aromatic heterocycles. The third kappa shape index (κ3) is 3.01. The van der Waals surface area contributed by atoms with Crippen molar-refractivity contribution < 1.29 is 0 Å². The lowest BCUT2D eigenvalue weighted by molar-refractivity contribution is 0.151. The van der Waals surface area contributed by atoms with E-state index in [1.807, 2.05) is 0 Å². The smallest absolute Gasteiger partial charge is 0.0220 e. The lowest BCUT2D eigenvalue weighted by Gasteiger charge is -2.37. The Hall–Kier alpha value is -0.860. The normalized spacial score (nSPS) is 27.9. The summed E-state index contributed by atoms with van der Waals surface area (Å²) in [6.07, 6.45) is 7.91. The van der Waals surface area contributed by atoms with Crippen LogP contribution >= 0.6 is 0 Å². The first kappa shape index (κ1) is 13.1. The molecule has 1 fully saturated rings. The van der Waals surface area contributed by atoms with Crippen molar-refractivity contribution in [2.45, 2.75) is 50.6 Å². The van der Waals surface area contributed by atoms with Gasteiger partial charge in [-0.2, -0.15) is 0 Å². The maximum atomic E-state index is 3.59. The van der Waals surface area contributed by atoms with Crippen molar-refractivity contribution in [1.29, 1.82) is 0 Å². The molecule has 0 bridgehead atoms. The third-order valence-electron chi connectivity index (χ3n) is 4.99. The van der Waals surface area contributed by atoms with E-state index in [9.17, 15) is 0 Å². The van der Waals surface area contributed by atoms with Crippen LogP contribution in [0.3, 0.4) is 0 Å². The van der Waals surface area contributed by atoms with Crippen molar-refractivity contribution in [1.82, 2.24) is 10.2 Å². The summed E-state index contributed by atoms with van der Waals surface area (Å²) in [6, 6.07) is 10.5. The van der Waals surface area contributed by atoms with Crippen LogP contribution in [-0.4, -0.2) is 37.1 Å². The van der Waals surface area contributed by atoms with Crippen LogP contribution in [0.5, 0.6) is 0 Å². The van der Waals surface area contributed by atoms with E-state index in [0.717, 1.165) is 12.1 Å².